The molecule has 2 N–H and O–H groups in total. The number of carbonyl (C=O) groups is 1. The molecule has 3 nitrogen and oxygen atoms in total. The van der Waals surface area contributed by atoms with Gasteiger partial charge in [-0.05, 0) is 36.3 Å². The summed E-state index contributed by atoms with van der Waals surface area (Å²) in [7, 11) is 0. The molecule has 0 bridgehead atoms. The molecule has 0 saturated heterocycles. The highest BCUT2D eigenvalue weighted by atomic mass is 127. The van der Waals surface area contributed by atoms with Crippen molar-refractivity contribution in [2.45, 2.75) is 26.2 Å². The van der Waals surface area contributed by atoms with Crippen LogP contribution < -0.4 is 5.32 Å². The molecule has 17 heavy (non-hydrogen) atoms. The number of aryl methyl sites for hydroxylation is 1. The number of carbonyl (C=O) groups excluding carboxylic acids is 1. The monoisotopic (exact) mass is 347 g/mol. The lowest BCUT2D eigenvalue weighted by Gasteiger charge is -2.07. The number of halogens is 1. The molecule has 0 aliphatic rings. The lowest BCUT2D eigenvalue weighted by molar-refractivity contribution is 0.0950. The van der Waals surface area contributed by atoms with Gasteiger partial charge in [0.2, 0.25) is 0 Å². The minimum Gasteiger partial charge on any atom is -0.507 e. The highest BCUT2D eigenvalue weighted by molar-refractivity contribution is 14.1. The van der Waals surface area contributed by atoms with Gasteiger partial charge >= 0.3 is 0 Å². The van der Waals surface area contributed by atoms with Crippen LogP contribution in [0, 0.1) is 6.92 Å². The third-order valence-corrected chi connectivity index (χ3v) is 3.26. The second-order valence-electron chi connectivity index (χ2n) is 4.03. The highest BCUT2D eigenvalue weighted by Crippen LogP contribution is 2.17. The summed E-state index contributed by atoms with van der Waals surface area (Å²) < 4.78 is 1.16. The molecule has 0 saturated carbocycles. The Morgan fingerprint density at radius 3 is 2.82 bits per heavy atom. The van der Waals surface area contributed by atoms with Crippen LogP contribution in [0.2, 0.25) is 0 Å². The molecular weight excluding hydrogens is 329 g/mol. The van der Waals surface area contributed by atoms with E-state index >= 15 is 0 Å². The molecule has 0 aromatic heterocycles. The van der Waals surface area contributed by atoms with Crippen molar-refractivity contribution in [2.24, 2.45) is 0 Å². The fourth-order valence-corrected chi connectivity index (χ4v) is 2.06. The van der Waals surface area contributed by atoms with Crippen LogP contribution in [0.5, 0.6) is 5.75 Å². The lowest BCUT2D eigenvalue weighted by atomic mass is 10.1. The van der Waals surface area contributed by atoms with Gasteiger partial charge in [0.1, 0.15) is 5.75 Å². The maximum atomic E-state index is 11.8. The molecule has 0 spiro atoms. The molecule has 1 amide bonds. The summed E-state index contributed by atoms with van der Waals surface area (Å²) in [6.45, 7) is 2.57. The Morgan fingerprint density at radius 2 is 2.12 bits per heavy atom. The number of alkyl halides is 1. The first-order chi connectivity index (χ1) is 8.15. The van der Waals surface area contributed by atoms with E-state index in [9.17, 15) is 9.90 Å². The summed E-state index contributed by atoms with van der Waals surface area (Å²) in [4.78, 5) is 11.8. The number of aromatic hydroxyl groups is 1. The van der Waals surface area contributed by atoms with Crippen molar-refractivity contribution in [3.05, 3.63) is 29.3 Å². The average Bonchev–Trinajstić information content (AvgIpc) is 2.32. The van der Waals surface area contributed by atoms with Gasteiger partial charge in [-0.3, -0.25) is 4.79 Å². The Kier molecular flexibility index (Phi) is 6.32. The van der Waals surface area contributed by atoms with Gasteiger partial charge in [-0.25, -0.2) is 0 Å². The van der Waals surface area contributed by atoms with Gasteiger partial charge in [0, 0.05) is 6.54 Å². The van der Waals surface area contributed by atoms with E-state index in [1.807, 2.05) is 6.92 Å². The molecule has 0 atom stereocenters. The Balaban J connectivity index is 2.44. The van der Waals surface area contributed by atoms with Crippen LogP contribution in [0.1, 0.15) is 35.2 Å². The molecule has 1 rings (SSSR count). The SMILES string of the molecule is Cc1ccc(O)c(C(=O)NCCCCCI)c1. The van der Waals surface area contributed by atoms with Crippen molar-refractivity contribution in [3.8, 4) is 5.75 Å². The van der Waals surface area contributed by atoms with E-state index in [4.69, 9.17) is 0 Å². The summed E-state index contributed by atoms with van der Waals surface area (Å²) in [6, 6.07) is 5.04. The smallest absolute Gasteiger partial charge is 0.255 e. The standard InChI is InChI=1S/C13H18INO2/c1-10-5-6-12(16)11(9-10)13(17)15-8-4-2-3-7-14/h5-6,9,16H,2-4,7-8H2,1H3,(H,15,17). The van der Waals surface area contributed by atoms with E-state index in [1.54, 1.807) is 18.2 Å². The molecule has 4 heteroatoms. The second-order valence-corrected chi connectivity index (χ2v) is 5.10. The first-order valence-electron chi connectivity index (χ1n) is 5.79. The summed E-state index contributed by atoms with van der Waals surface area (Å²) in [5, 5.41) is 12.4. The van der Waals surface area contributed by atoms with Gasteiger partial charge in [0.25, 0.3) is 5.91 Å². The maximum absolute atomic E-state index is 11.8. The van der Waals surface area contributed by atoms with Crippen molar-refractivity contribution in [2.75, 3.05) is 11.0 Å². The Hall–Kier alpha value is -0.780. The summed E-state index contributed by atoms with van der Waals surface area (Å²) in [5.74, 6) is -0.152. The normalized spacial score (nSPS) is 10.2. The van der Waals surface area contributed by atoms with Crippen LogP contribution in [-0.2, 0) is 0 Å². The number of benzene rings is 1. The number of amides is 1. The maximum Gasteiger partial charge on any atom is 0.255 e. The summed E-state index contributed by atoms with van der Waals surface area (Å²) in [6.07, 6.45) is 3.30. The van der Waals surface area contributed by atoms with Crippen LogP contribution in [0.25, 0.3) is 0 Å². The van der Waals surface area contributed by atoms with Crippen LogP contribution >= 0.6 is 22.6 Å². The third-order valence-electron chi connectivity index (χ3n) is 2.49. The Bertz CT molecular complexity index is 380. The fraction of sp³-hybridized carbons (Fsp3) is 0.462. The topological polar surface area (TPSA) is 49.3 Å². The van der Waals surface area contributed by atoms with E-state index < -0.39 is 0 Å². The number of rotatable bonds is 6. The second kappa shape index (κ2) is 7.53. The summed E-state index contributed by atoms with van der Waals surface area (Å²) in [5.41, 5.74) is 1.33. The third kappa shape index (κ3) is 4.93. The molecule has 0 heterocycles. The van der Waals surface area contributed by atoms with Gasteiger partial charge in [-0.2, -0.15) is 0 Å². The van der Waals surface area contributed by atoms with Gasteiger partial charge in [0.05, 0.1) is 5.56 Å². The van der Waals surface area contributed by atoms with Gasteiger partial charge in [0.15, 0.2) is 0 Å². The van der Waals surface area contributed by atoms with E-state index in [0.717, 1.165) is 22.8 Å². The van der Waals surface area contributed by atoms with Gasteiger partial charge < -0.3 is 10.4 Å². The van der Waals surface area contributed by atoms with E-state index in [2.05, 4.69) is 27.9 Å². The average molecular weight is 347 g/mol. The van der Waals surface area contributed by atoms with E-state index in [0.29, 0.717) is 12.1 Å². The van der Waals surface area contributed by atoms with Crippen LogP contribution in [0.4, 0.5) is 0 Å². The Morgan fingerprint density at radius 1 is 1.35 bits per heavy atom. The molecule has 0 aliphatic heterocycles. The van der Waals surface area contributed by atoms with Gasteiger partial charge in [-0.15, -0.1) is 0 Å². The number of unbranched alkanes of at least 4 members (excludes halogenated alkanes) is 2. The molecule has 1 aromatic carbocycles. The number of hydrogen-bond donors (Lipinski definition) is 2. The quantitative estimate of drug-likeness (QED) is 0.472. The lowest BCUT2D eigenvalue weighted by Crippen LogP contribution is -2.24. The molecule has 1 aromatic rings. The predicted octanol–water partition coefficient (Wildman–Crippen LogP) is 3.04. The molecular formula is C13H18INO2. The van der Waals surface area contributed by atoms with Crippen molar-refractivity contribution in [1.82, 2.24) is 5.32 Å². The van der Waals surface area contributed by atoms with Crippen molar-refractivity contribution in [1.29, 1.82) is 0 Å². The number of phenols is 1. The van der Waals surface area contributed by atoms with Crippen LogP contribution in [-0.4, -0.2) is 22.0 Å². The highest BCUT2D eigenvalue weighted by Gasteiger charge is 2.10. The number of hydrogen-bond acceptors (Lipinski definition) is 2. The minimum atomic E-state index is -0.194. The van der Waals surface area contributed by atoms with Crippen molar-refractivity contribution >= 4 is 28.5 Å². The first kappa shape index (κ1) is 14.3. The number of nitrogens with one attached hydrogen (secondary N) is 1. The number of phenolic OH excluding ortho intramolecular Hbond substituents is 1. The minimum absolute atomic E-state index is 0.0420. The van der Waals surface area contributed by atoms with Gasteiger partial charge in [-0.1, -0.05) is 40.6 Å². The van der Waals surface area contributed by atoms with E-state index in [1.165, 1.54) is 6.42 Å². The fourth-order valence-electron chi connectivity index (χ4n) is 1.53. The van der Waals surface area contributed by atoms with Crippen LogP contribution in [0.15, 0.2) is 18.2 Å². The first-order valence-corrected chi connectivity index (χ1v) is 7.31. The molecule has 0 aliphatic carbocycles. The zero-order chi connectivity index (χ0) is 12.7. The molecule has 0 radical (unpaired) electrons. The zero-order valence-electron chi connectivity index (χ0n) is 10.0. The molecule has 94 valence electrons. The molecule has 0 fully saturated rings. The van der Waals surface area contributed by atoms with Crippen LogP contribution in [0.3, 0.4) is 0 Å². The Labute approximate surface area is 116 Å². The van der Waals surface area contributed by atoms with Crippen molar-refractivity contribution < 1.29 is 9.90 Å². The van der Waals surface area contributed by atoms with Crippen molar-refractivity contribution in [3.63, 3.8) is 0 Å². The largest absolute Gasteiger partial charge is 0.507 e. The van der Waals surface area contributed by atoms with E-state index in [-0.39, 0.29) is 11.7 Å². The summed E-state index contributed by atoms with van der Waals surface area (Å²) >= 11 is 2.35. The predicted molar refractivity (Wildman–Crippen MR) is 77.9 cm³/mol. The molecule has 0 unspecified atom stereocenters. The zero-order valence-corrected chi connectivity index (χ0v) is 12.2.